The number of aryl methyl sites for hydroxylation is 1. The number of fused-ring (bicyclic) bond motifs is 1. The maximum Gasteiger partial charge on any atom is 0.490 e. The number of hydrogen-bond donors (Lipinski definition) is 1. The summed E-state index contributed by atoms with van der Waals surface area (Å²) < 4.78 is 56.2. The summed E-state index contributed by atoms with van der Waals surface area (Å²) in [5.74, 6) is -1.70. The highest BCUT2D eigenvalue weighted by atomic mass is 19.4. The van der Waals surface area contributed by atoms with Crippen molar-refractivity contribution in [3.05, 3.63) is 47.4 Å². The van der Waals surface area contributed by atoms with Crippen LogP contribution < -0.4 is 0 Å². The van der Waals surface area contributed by atoms with Gasteiger partial charge in [0.1, 0.15) is 11.9 Å². The molecule has 2 aliphatic heterocycles. The van der Waals surface area contributed by atoms with Crippen LogP contribution in [0, 0.1) is 12.7 Å². The lowest BCUT2D eigenvalue weighted by atomic mass is 9.98. The molecule has 2 fully saturated rings. The van der Waals surface area contributed by atoms with Crippen LogP contribution in [-0.4, -0.2) is 51.0 Å². The van der Waals surface area contributed by atoms with E-state index in [1.54, 1.807) is 0 Å². The SMILES string of the molecule is Cc1noc([C@@H]2CC[C@@H]3[C@@H](CCN3Cc3ccc(F)cc3)O2)n1.O=C(O)C(F)(F)F. The van der Waals surface area contributed by atoms with Crippen LogP contribution in [0.5, 0.6) is 0 Å². The molecule has 11 heteroatoms. The number of nitrogens with zero attached hydrogens (tertiary/aromatic N) is 3. The summed E-state index contributed by atoms with van der Waals surface area (Å²) in [6.45, 7) is 3.66. The second kappa shape index (κ2) is 9.09. The molecule has 1 N–H and O–H groups in total. The molecule has 7 nitrogen and oxygen atoms in total. The van der Waals surface area contributed by atoms with Gasteiger partial charge in [-0.1, -0.05) is 17.3 Å². The zero-order valence-corrected chi connectivity index (χ0v) is 16.1. The fourth-order valence-electron chi connectivity index (χ4n) is 3.66. The van der Waals surface area contributed by atoms with E-state index in [0.29, 0.717) is 17.8 Å². The third kappa shape index (κ3) is 5.54. The number of halogens is 4. The van der Waals surface area contributed by atoms with Crippen molar-refractivity contribution in [2.75, 3.05) is 6.54 Å². The number of carboxylic acid groups (broad SMARTS) is 1. The number of aromatic nitrogens is 2. The van der Waals surface area contributed by atoms with E-state index in [9.17, 15) is 17.6 Å². The van der Waals surface area contributed by atoms with Crippen LogP contribution in [0.4, 0.5) is 17.6 Å². The van der Waals surface area contributed by atoms with E-state index in [1.165, 1.54) is 12.1 Å². The van der Waals surface area contributed by atoms with Crippen LogP contribution in [0.2, 0.25) is 0 Å². The lowest BCUT2D eigenvalue weighted by Gasteiger charge is -2.34. The highest BCUT2D eigenvalue weighted by Gasteiger charge is 2.41. The lowest BCUT2D eigenvalue weighted by Crippen LogP contribution is -2.40. The van der Waals surface area contributed by atoms with Crippen molar-refractivity contribution in [1.82, 2.24) is 15.0 Å². The summed E-state index contributed by atoms with van der Waals surface area (Å²) >= 11 is 0. The van der Waals surface area contributed by atoms with Crippen molar-refractivity contribution in [3.8, 4) is 0 Å². The van der Waals surface area contributed by atoms with E-state index in [0.717, 1.165) is 37.9 Å². The first-order chi connectivity index (χ1) is 14.1. The van der Waals surface area contributed by atoms with Gasteiger partial charge in [-0.15, -0.1) is 0 Å². The first-order valence-electron chi connectivity index (χ1n) is 9.37. The molecule has 0 saturated carbocycles. The van der Waals surface area contributed by atoms with Crippen molar-refractivity contribution in [2.45, 2.75) is 57.2 Å². The summed E-state index contributed by atoms with van der Waals surface area (Å²) in [5, 5.41) is 11.0. The fraction of sp³-hybridized carbons (Fsp3) is 0.526. The van der Waals surface area contributed by atoms with Crippen LogP contribution in [-0.2, 0) is 16.1 Å². The molecule has 3 heterocycles. The molecule has 2 saturated heterocycles. The van der Waals surface area contributed by atoms with Gasteiger partial charge in [0, 0.05) is 19.1 Å². The molecular weight excluding hydrogens is 410 g/mol. The van der Waals surface area contributed by atoms with Crippen molar-refractivity contribution in [2.24, 2.45) is 0 Å². The number of hydrogen-bond acceptors (Lipinski definition) is 6. The number of alkyl halides is 3. The predicted octanol–water partition coefficient (Wildman–Crippen LogP) is 3.65. The summed E-state index contributed by atoms with van der Waals surface area (Å²) in [5.41, 5.74) is 1.14. The third-order valence-corrected chi connectivity index (χ3v) is 5.02. The summed E-state index contributed by atoms with van der Waals surface area (Å²) in [6, 6.07) is 7.18. The van der Waals surface area contributed by atoms with Crippen molar-refractivity contribution in [1.29, 1.82) is 0 Å². The molecule has 30 heavy (non-hydrogen) atoms. The average molecular weight is 431 g/mol. The molecule has 0 radical (unpaired) electrons. The Hall–Kier alpha value is -2.53. The Bertz CT molecular complexity index is 856. The van der Waals surface area contributed by atoms with Gasteiger partial charge in [-0.2, -0.15) is 18.2 Å². The van der Waals surface area contributed by atoms with Gasteiger partial charge >= 0.3 is 12.1 Å². The summed E-state index contributed by atoms with van der Waals surface area (Å²) in [7, 11) is 0. The van der Waals surface area contributed by atoms with Crippen molar-refractivity contribution < 1.29 is 36.7 Å². The zero-order valence-electron chi connectivity index (χ0n) is 16.1. The van der Waals surface area contributed by atoms with Gasteiger partial charge in [-0.3, -0.25) is 4.90 Å². The molecule has 0 spiro atoms. The van der Waals surface area contributed by atoms with Gasteiger partial charge in [0.2, 0.25) is 0 Å². The molecule has 0 bridgehead atoms. The number of benzene rings is 1. The van der Waals surface area contributed by atoms with E-state index < -0.39 is 12.1 Å². The molecule has 1 aromatic heterocycles. The molecule has 1 aromatic carbocycles. The molecule has 0 amide bonds. The predicted molar refractivity (Wildman–Crippen MR) is 94.8 cm³/mol. The van der Waals surface area contributed by atoms with E-state index in [-0.39, 0.29) is 18.0 Å². The summed E-state index contributed by atoms with van der Waals surface area (Å²) in [4.78, 5) is 15.6. The first-order valence-corrected chi connectivity index (χ1v) is 9.37. The zero-order chi connectivity index (χ0) is 21.9. The number of ether oxygens (including phenoxy) is 1. The Balaban J connectivity index is 0.000000318. The highest BCUT2D eigenvalue weighted by Crippen LogP contribution is 2.38. The second-order valence-corrected chi connectivity index (χ2v) is 7.18. The molecule has 2 aromatic rings. The number of aliphatic carboxylic acids is 1. The lowest BCUT2D eigenvalue weighted by molar-refractivity contribution is -0.192. The van der Waals surface area contributed by atoms with Gasteiger partial charge in [0.05, 0.1) is 6.10 Å². The van der Waals surface area contributed by atoms with Crippen LogP contribution in [0.1, 0.15) is 42.6 Å². The Kier molecular flexibility index (Phi) is 6.71. The fourth-order valence-corrected chi connectivity index (χ4v) is 3.66. The topological polar surface area (TPSA) is 88.7 Å². The van der Waals surface area contributed by atoms with Crippen LogP contribution in [0.3, 0.4) is 0 Å². The number of rotatable bonds is 3. The summed E-state index contributed by atoms with van der Waals surface area (Å²) in [6.07, 6.45) is -2.00. The van der Waals surface area contributed by atoms with Crippen molar-refractivity contribution in [3.63, 3.8) is 0 Å². The van der Waals surface area contributed by atoms with Gasteiger partial charge < -0.3 is 14.4 Å². The maximum atomic E-state index is 13.0. The Labute approximate surface area is 169 Å². The molecular formula is C19H21F4N3O4. The minimum absolute atomic E-state index is 0.0804. The van der Waals surface area contributed by atoms with E-state index in [1.807, 2.05) is 19.1 Å². The van der Waals surface area contributed by atoms with Gasteiger partial charge in [0.15, 0.2) is 5.82 Å². The van der Waals surface area contributed by atoms with Gasteiger partial charge in [0.25, 0.3) is 5.89 Å². The number of carboxylic acids is 1. The minimum Gasteiger partial charge on any atom is -0.475 e. The largest absolute Gasteiger partial charge is 0.490 e. The van der Waals surface area contributed by atoms with Crippen molar-refractivity contribution >= 4 is 5.97 Å². The highest BCUT2D eigenvalue weighted by molar-refractivity contribution is 5.73. The van der Waals surface area contributed by atoms with E-state index >= 15 is 0 Å². The maximum absolute atomic E-state index is 13.0. The molecule has 0 unspecified atom stereocenters. The molecule has 3 atom stereocenters. The van der Waals surface area contributed by atoms with Crippen LogP contribution in [0.15, 0.2) is 28.8 Å². The first kappa shape index (κ1) is 22.2. The Morgan fingerprint density at radius 1 is 1.23 bits per heavy atom. The molecule has 0 aliphatic carbocycles. The monoisotopic (exact) mass is 431 g/mol. The van der Waals surface area contributed by atoms with Gasteiger partial charge in [-0.25, -0.2) is 9.18 Å². The average Bonchev–Trinajstić information content (AvgIpc) is 3.29. The molecule has 164 valence electrons. The smallest absolute Gasteiger partial charge is 0.475 e. The molecule has 4 rings (SSSR count). The standard InChI is InChI=1S/C17H20FN3O2.C2HF3O2/c1-11-19-17(23-20-11)16-7-6-14-15(22-16)8-9-21(14)10-12-2-4-13(18)5-3-12;3-2(4,5)1(6)7/h2-5,14-16H,6-10H2,1H3;(H,6,7)/t14-,15-,16+;/m1./s1. The van der Waals surface area contributed by atoms with E-state index in [4.69, 9.17) is 19.2 Å². The van der Waals surface area contributed by atoms with Gasteiger partial charge in [-0.05, 0) is 43.9 Å². The third-order valence-electron chi connectivity index (χ3n) is 5.02. The number of carbonyl (C=O) groups is 1. The van der Waals surface area contributed by atoms with Crippen LogP contribution >= 0.6 is 0 Å². The minimum atomic E-state index is -5.08. The normalized spacial score (nSPS) is 24.1. The quantitative estimate of drug-likeness (QED) is 0.743. The van der Waals surface area contributed by atoms with E-state index in [2.05, 4.69) is 15.0 Å². The Morgan fingerprint density at radius 3 is 2.47 bits per heavy atom. The second-order valence-electron chi connectivity index (χ2n) is 7.18. The number of likely N-dealkylation sites (tertiary alicyclic amines) is 1. The molecule has 2 aliphatic rings. The van der Waals surface area contributed by atoms with Crippen LogP contribution in [0.25, 0.3) is 0 Å². The Morgan fingerprint density at radius 2 is 1.90 bits per heavy atom.